The minimum atomic E-state index is -0.606. The summed E-state index contributed by atoms with van der Waals surface area (Å²) in [7, 11) is 4.97. The third kappa shape index (κ3) is 2.70. The Kier molecular flexibility index (Phi) is 3.68. The molecule has 82 valence electrons. The van der Waals surface area contributed by atoms with Crippen LogP contribution in [0, 0.1) is 0 Å². The molecule has 15 heavy (non-hydrogen) atoms. The second-order valence-electron chi connectivity index (χ2n) is 3.48. The van der Waals surface area contributed by atoms with Gasteiger partial charge in [0, 0.05) is 14.1 Å². The molecule has 4 heteroatoms. The van der Waals surface area contributed by atoms with Crippen LogP contribution in [0.4, 0.5) is 0 Å². The third-order valence-corrected chi connectivity index (χ3v) is 2.18. The molecule has 1 rings (SSSR count). The van der Waals surface area contributed by atoms with Crippen molar-refractivity contribution in [1.29, 1.82) is 0 Å². The van der Waals surface area contributed by atoms with Crippen molar-refractivity contribution in [1.82, 2.24) is 4.90 Å². The number of nitrogens with zero attached hydrogens (tertiary/aromatic N) is 1. The van der Waals surface area contributed by atoms with E-state index < -0.39 is 6.04 Å². The summed E-state index contributed by atoms with van der Waals surface area (Å²) in [5.41, 5.74) is 6.59. The predicted octanol–water partition coefficient (Wildman–Crippen LogP) is 0.783. The molecular weight excluding hydrogens is 192 g/mol. The minimum absolute atomic E-state index is 0.111. The van der Waals surface area contributed by atoms with Crippen molar-refractivity contribution in [3.63, 3.8) is 0 Å². The first-order valence-corrected chi connectivity index (χ1v) is 4.67. The summed E-state index contributed by atoms with van der Waals surface area (Å²) in [4.78, 5) is 13.0. The van der Waals surface area contributed by atoms with E-state index >= 15 is 0 Å². The number of carbonyl (C=O) groups is 1. The van der Waals surface area contributed by atoms with Gasteiger partial charge in [0.25, 0.3) is 0 Å². The predicted molar refractivity (Wildman–Crippen MR) is 58.6 cm³/mol. The number of benzene rings is 1. The van der Waals surface area contributed by atoms with Gasteiger partial charge in [-0.05, 0) is 17.7 Å². The SMILES string of the molecule is COc1ccc(C(N)C(=O)N(C)C)cc1. The number of hydrogen-bond acceptors (Lipinski definition) is 3. The van der Waals surface area contributed by atoms with Gasteiger partial charge in [0.15, 0.2) is 0 Å². The first kappa shape index (κ1) is 11.5. The van der Waals surface area contributed by atoms with Gasteiger partial charge < -0.3 is 15.4 Å². The summed E-state index contributed by atoms with van der Waals surface area (Å²) in [6, 6.07) is 6.57. The smallest absolute Gasteiger partial charge is 0.243 e. The zero-order valence-corrected chi connectivity index (χ0v) is 9.23. The number of hydrogen-bond donors (Lipinski definition) is 1. The van der Waals surface area contributed by atoms with Gasteiger partial charge >= 0.3 is 0 Å². The molecule has 1 aromatic carbocycles. The second kappa shape index (κ2) is 4.79. The van der Waals surface area contributed by atoms with E-state index in [-0.39, 0.29) is 5.91 Å². The van der Waals surface area contributed by atoms with Crippen molar-refractivity contribution in [3.8, 4) is 5.75 Å². The molecule has 4 nitrogen and oxygen atoms in total. The van der Waals surface area contributed by atoms with E-state index in [1.165, 1.54) is 4.90 Å². The zero-order valence-electron chi connectivity index (χ0n) is 9.23. The molecular formula is C11H16N2O2. The van der Waals surface area contributed by atoms with E-state index in [1.807, 2.05) is 0 Å². The zero-order chi connectivity index (χ0) is 11.4. The van der Waals surface area contributed by atoms with Crippen molar-refractivity contribution in [3.05, 3.63) is 29.8 Å². The molecule has 0 bridgehead atoms. The number of methoxy groups -OCH3 is 1. The highest BCUT2D eigenvalue weighted by molar-refractivity contribution is 5.82. The molecule has 0 saturated heterocycles. The van der Waals surface area contributed by atoms with Crippen LogP contribution < -0.4 is 10.5 Å². The van der Waals surface area contributed by atoms with Crippen LogP contribution in [0.2, 0.25) is 0 Å². The Morgan fingerprint density at radius 3 is 2.27 bits per heavy atom. The number of nitrogens with two attached hydrogens (primary N) is 1. The van der Waals surface area contributed by atoms with Crippen LogP contribution in [0.25, 0.3) is 0 Å². The highest BCUT2D eigenvalue weighted by Crippen LogP contribution is 2.16. The summed E-state index contributed by atoms with van der Waals surface area (Å²) < 4.78 is 5.02. The van der Waals surface area contributed by atoms with E-state index in [2.05, 4.69) is 0 Å². The number of rotatable bonds is 3. The van der Waals surface area contributed by atoms with E-state index in [9.17, 15) is 4.79 Å². The average molecular weight is 208 g/mol. The molecule has 0 fully saturated rings. The van der Waals surface area contributed by atoms with Gasteiger partial charge in [-0.25, -0.2) is 0 Å². The molecule has 0 heterocycles. The van der Waals surface area contributed by atoms with Crippen molar-refractivity contribution < 1.29 is 9.53 Å². The maximum Gasteiger partial charge on any atom is 0.243 e. The lowest BCUT2D eigenvalue weighted by Crippen LogP contribution is -2.33. The highest BCUT2D eigenvalue weighted by atomic mass is 16.5. The summed E-state index contributed by atoms with van der Waals surface area (Å²) >= 11 is 0. The van der Waals surface area contributed by atoms with Crippen LogP contribution in [0.15, 0.2) is 24.3 Å². The minimum Gasteiger partial charge on any atom is -0.497 e. The Hall–Kier alpha value is -1.55. The van der Waals surface area contributed by atoms with Crippen LogP contribution >= 0.6 is 0 Å². The Balaban J connectivity index is 2.82. The molecule has 1 amide bonds. The van der Waals surface area contributed by atoms with E-state index in [0.717, 1.165) is 11.3 Å². The number of amides is 1. The molecule has 0 aliphatic heterocycles. The number of carbonyl (C=O) groups excluding carboxylic acids is 1. The maximum atomic E-state index is 11.6. The molecule has 2 N–H and O–H groups in total. The van der Waals surface area contributed by atoms with Crippen LogP contribution in [-0.2, 0) is 4.79 Å². The normalized spacial score (nSPS) is 12.0. The molecule has 1 atom stereocenters. The van der Waals surface area contributed by atoms with Crippen LogP contribution in [0.1, 0.15) is 11.6 Å². The monoisotopic (exact) mass is 208 g/mol. The molecule has 1 unspecified atom stereocenters. The Morgan fingerprint density at radius 2 is 1.87 bits per heavy atom. The standard InChI is InChI=1S/C11H16N2O2/c1-13(2)11(14)10(12)8-4-6-9(15-3)7-5-8/h4-7,10H,12H2,1-3H3. The van der Waals surface area contributed by atoms with E-state index in [1.54, 1.807) is 45.5 Å². The number of ether oxygens (including phenoxy) is 1. The van der Waals surface area contributed by atoms with Gasteiger partial charge in [-0.2, -0.15) is 0 Å². The fourth-order valence-corrected chi connectivity index (χ4v) is 1.23. The Bertz CT molecular complexity index is 333. The first-order valence-electron chi connectivity index (χ1n) is 4.67. The lowest BCUT2D eigenvalue weighted by Gasteiger charge is -2.17. The Morgan fingerprint density at radius 1 is 1.33 bits per heavy atom. The summed E-state index contributed by atoms with van der Waals surface area (Å²) in [5, 5.41) is 0. The van der Waals surface area contributed by atoms with Gasteiger partial charge in [-0.1, -0.05) is 12.1 Å². The third-order valence-electron chi connectivity index (χ3n) is 2.18. The Labute approximate surface area is 89.6 Å². The largest absolute Gasteiger partial charge is 0.497 e. The fourth-order valence-electron chi connectivity index (χ4n) is 1.23. The van der Waals surface area contributed by atoms with E-state index in [0.29, 0.717) is 0 Å². The van der Waals surface area contributed by atoms with Gasteiger partial charge in [0.05, 0.1) is 7.11 Å². The topological polar surface area (TPSA) is 55.6 Å². The molecule has 0 spiro atoms. The molecule has 0 aromatic heterocycles. The lowest BCUT2D eigenvalue weighted by atomic mass is 10.1. The quantitative estimate of drug-likeness (QED) is 0.798. The molecule has 1 aromatic rings. The summed E-state index contributed by atoms with van der Waals surface area (Å²) in [6.07, 6.45) is 0. The van der Waals surface area contributed by atoms with Crippen LogP contribution in [0.3, 0.4) is 0 Å². The lowest BCUT2D eigenvalue weighted by molar-refractivity contribution is -0.130. The van der Waals surface area contributed by atoms with Crippen LogP contribution in [0.5, 0.6) is 5.75 Å². The summed E-state index contributed by atoms with van der Waals surface area (Å²) in [5.74, 6) is 0.642. The van der Waals surface area contributed by atoms with Gasteiger partial charge in [-0.3, -0.25) is 4.79 Å². The van der Waals surface area contributed by atoms with Gasteiger partial charge in [-0.15, -0.1) is 0 Å². The first-order chi connectivity index (χ1) is 7.06. The van der Waals surface area contributed by atoms with E-state index in [4.69, 9.17) is 10.5 Å². The van der Waals surface area contributed by atoms with Crippen molar-refractivity contribution in [2.45, 2.75) is 6.04 Å². The van der Waals surface area contributed by atoms with Crippen molar-refractivity contribution in [2.24, 2.45) is 5.73 Å². The molecule has 0 saturated carbocycles. The van der Waals surface area contributed by atoms with Crippen molar-refractivity contribution in [2.75, 3.05) is 21.2 Å². The van der Waals surface area contributed by atoms with Crippen molar-refractivity contribution >= 4 is 5.91 Å². The molecule has 0 aliphatic carbocycles. The fraction of sp³-hybridized carbons (Fsp3) is 0.364. The van der Waals surface area contributed by atoms with Gasteiger partial charge in [0.2, 0.25) is 5.91 Å². The maximum absolute atomic E-state index is 11.6. The number of likely N-dealkylation sites (N-methyl/N-ethyl adjacent to an activating group) is 1. The van der Waals surface area contributed by atoms with Gasteiger partial charge in [0.1, 0.15) is 11.8 Å². The molecule has 0 aliphatic rings. The summed E-state index contributed by atoms with van der Waals surface area (Å²) in [6.45, 7) is 0. The molecule has 0 radical (unpaired) electrons. The van der Waals surface area contributed by atoms with Crippen LogP contribution in [-0.4, -0.2) is 32.0 Å². The highest BCUT2D eigenvalue weighted by Gasteiger charge is 2.17. The second-order valence-corrected chi connectivity index (χ2v) is 3.48. The average Bonchev–Trinajstić information content (AvgIpc) is 2.27.